The molecule has 0 aliphatic heterocycles. The zero-order chi connectivity index (χ0) is 10.2. The van der Waals surface area contributed by atoms with Crippen LogP contribution in [0.15, 0.2) is 24.3 Å². The Bertz CT molecular complexity index is 266. The lowest BCUT2D eigenvalue weighted by Gasteiger charge is -2.04. The van der Waals surface area contributed by atoms with E-state index in [0.717, 1.165) is 24.0 Å². The van der Waals surface area contributed by atoms with Crippen molar-refractivity contribution in [2.24, 2.45) is 0 Å². The third-order valence-corrected chi connectivity index (χ3v) is 1.83. The molecule has 1 N–H and O–H groups in total. The van der Waals surface area contributed by atoms with E-state index in [4.69, 9.17) is 9.84 Å². The van der Waals surface area contributed by atoms with Gasteiger partial charge in [-0.2, -0.15) is 0 Å². The van der Waals surface area contributed by atoms with E-state index in [0.29, 0.717) is 13.0 Å². The molecule has 3 heteroatoms. The van der Waals surface area contributed by atoms with Crippen molar-refractivity contribution < 1.29 is 14.6 Å². The van der Waals surface area contributed by atoms with E-state index in [1.807, 2.05) is 24.3 Å². The van der Waals surface area contributed by atoms with Crippen molar-refractivity contribution in [3.8, 4) is 5.75 Å². The Morgan fingerprint density at radius 2 is 2.00 bits per heavy atom. The second-order valence-electron chi connectivity index (χ2n) is 2.92. The summed E-state index contributed by atoms with van der Waals surface area (Å²) in [6.45, 7) is 0.334. The van der Waals surface area contributed by atoms with Crippen LogP contribution >= 0.6 is 0 Å². The summed E-state index contributed by atoms with van der Waals surface area (Å²) in [5, 5.41) is 8.53. The number of hydrogen-bond acceptors (Lipinski definition) is 3. The largest absolute Gasteiger partial charge is 0.491 e. The summed E-state index contributed by atoms with van der Waals surface area (Å²) in [6.07, 6.45) is 2.23. The number of aliphatic hydroxyl groups excluding tert-OH is 1. The quantitative estimate of drug-likeness (QED) is 0.692. The van der Waals surface area contributed by atoms with E-state index in [1.54, 1.807) is 0 Å². The van der Waals surface area contributed by atoms with Crippen LogP contribution in [0.3, 0.4) is 0 Å². The highest BCUT2D eigenvalue weighted by Crippen LogP contribution is 2.12. The summed E-state index contributed by atoms with van der Waals surface area (Å²) in [5.74, 6) is 0.744. The topological polar surface area (TPSA) is 46.5 Å². The lowest BCUT2D eigenvalue weighted by molar-refractivity contribution is -0.107. The van der Waals surface area contributed by atoms with Crippen molar-refractivity contribution in [3.63, 3.8) is 0 Å². The summed E-state index contributed by atoms with van der Waals surface area (Å²) < 4.78 is 5.20. The maximum absolute atomic E-state index is 10.1. The first kappa shape index (κ1) is 10.7. The van der Waals surface area contributed by atoms with Crippen molar-refractivity contribution in [2.75, 3.05) is 13.2 Å². The molecule has 0 bridgehead atoms. The third-order valence-electron chi connectivity index (χ3n) is 1.83. The molecule has 1 rings (SSSR count). The van der Waals surface area contributed by atoms with Gasteiger partial charge in [-0.15, -0.1) is 0 Å². The van der Waals surface area contributed by atoms with E-state index in [2.05, 4.69) is 0 Å². The predicted octanol–water partition coefficient (Wildman–Crippen LogP) is 1.19. The fourth-order valence-corrected chi connectivity index (χ4v) is 1.14. The van der Waals surface area contributed by atoms with Gasteiger partial charge in [0, 0.05) is 6.42 Å². The molecule has 0 radical (unpaired) electrons. The Labute approximate surface area is 83.3 Å². The molecule has 0 aliphatic rings. The molecule has 0 atom stereocenters. The van der Waals surface area contributed by atoms with Gasteiger partial charge in [-0.05, 0) is 24.1 Å². The first-order valence-electron chi connectivity index (χ1n) is 4.63. The highest BCUT2D eigenvalue weighted by molar-refractivity contribution is 5.50. The zero-order valence-electron chi connectivity index (χ0n) is 7.98. The number of hydrogen-bond donors (Lipinski definition) is 1. The fraction of sp³-hybridized carbons (Fsp3) is 0.364. The van der Waals surface area contributed by atoms with E-state index in [1.165, 1.54) is 0 Å². The van der Waals surface area contributed by atoms with Gasteiger partial charge in [-0.25, -0.2) is 0 Å². The summed E-state index contributed by atoms with van der Waals surface area (Å²) in [4.78, 5) is 10.1. The van der Waals surface area contributed by atoms with Gasteiger partial charge < -0.3 is 14.6 Å². The predicted molar refractivity (Wildman–Crippen MR) is 53.4 cm³/mol. The smallest absolute Gasteiger partial charge is 0.120 e. The monoisotopic (exact) mass is 194 g/mol. The van der Waals surface area contributed by atoms with Crippen molar-refractivity contribution in [1.29, 1.82) is 0 Å². The number of carbonyl (C=O) groups excluding carboxylic acids is 1. The van der Waals surface area contributed by atoms with Crippen LogP contribution in [-0.4, -0.2) is 24.6 Å². The molecular weight excluding hydrogens is 180 g/mol. The minimum absolute atomic E-state index is 0.0207. The average molecular weight is 194 g/mol. The Hall–Kier alpha value is -1.35. The minimum atomic E-state index is 0.0207. The molecule has 0 saturated heterocycles. The lowest BCUT2D eigenvalue weighted by atomic mass is 10.1. The first-order valence-corrected chi connectivity index (χ1v) is 4.63. The molecule has 0 unspecified atom stereocenters. The molecule has 0 aliphatic carbocycles. The zero-order valence-corrected chi connectivity index (χ0v) is 7.98. The molecule has 14 heavy (non-hydrogen) atoms. The maximum Gasteiger partial charge on any atom is 0.120 e. The van der Waals surface area contributed by atoms with Crippen LogP contribution in [0.4, 0.5) is 0 Å². The van der Waals surface area contributed by atoms with Crippen LogP contribution in [0.1, 0.15) is 12.0 Å². The van der Waals surface area contributed by atoms with Crippen LogP contribution in [-0.2, 0) is 11.2 Å². The van der Waals surface area contributed by atoms with Gasteiger partial charge in [-0.1, -0.05) is 12.1 Å². The number of rotatable bonds is 6. The molecule has 0 spiro atoms. The second kappa shape index (κ2) is 6.16. The molecule has 1 aromatic rings. The molecular formula is C11H14O3. The van der Waals surface area contributed by atoms with E-state index in [-0.39, 0.29) is 6.61 Å². The van der Waals surface area contributed by atoms with Crippen LogP contribution in [0.5, 0.6) is 5.75 Å². The van der Waals surface area contributed by atoms with E-state index >= 15 is 0 Å². The van der Waals surface area contributed by atoms with Crippen LogP contribution < -0.4 is 4.74 Å². The van der Waals surface area contributed by atoms with Gasteiger partial charge in [-0.3, -0.25) is 0 Å². The van der Waals surface area contributed by atoms with Crippen molar-refractivity contribution in [3.05, 3.63) is 29.8 Å². The number of aliphatic hydroxyl groups is 1. The Kier molecular flexibility index (Phi) is 4.72. The van der Waals surface area contributed by atoms with E-state index < -0.39 is 0 Å². The van der Waals surface area contributed by atoms with Crippen LogP contribution in [0.2, 0.25) is 0 Å². The molecule has 1 aromatic carbocycles. The fourth-order valence-electron chi connectivity index (χ4n) is 1.14. The summed E-state index contributed by atoms with van der Waals surface area (Å²) >= 11 is 0. The van der Waals surface area contributed by atoms with Crippen LogP contribution in [0.25, 0.3) is 0 Å². The molecule has 0 aromatic heterocycles. The number of carbonyl (C=O) groups is 1. The van der Waals surface area contributed by atoms with Gasteiger partial charge in [0.25, 0.3) is 0 Å². The van der Waals surface area contributed by atoms with Gasteiger partial charge in [0.2, 0.25) is 0 Å². The molecule has 0 fully saturated rings. The summed E-state index contributed by atoms with van der Waals surface area (Å²) in [5.41, 5.74) is 1.12. The highest BCUT2D eigenvalue weighted by Gasteiger charge is 1.94. The van der Waals surface area contributed by atoms with Gasteiger partial charge in [0.15, 0.2) is 0 Å². The van der Waals surface area contributed by atoms with E-state index in [9.17, 15) is 4.79 Å². The number of aldehydes is 1. The number of ether oxygens (including phenoxy) is 1. The van der Waals surface area contributed by atoms with Crippen LogP contribution in [0, 0.1) is 0 Å². The molecule has 0 heterocycles. The van der Waals surface area contributed by atoms with Gasteiger partial charge in [0.05, 0.1) is 6.61 Å². The molecule has 0 amide bonds. The van der Waals surface area contributed by atoms with Crippen molar-refractivity contribution in [2.45, 2.75) is 12.8 Å². The number of aryl methyl sites for hydroxylation is 1. The summed E-state index contributed by atoms with van der Waals surface area (Å²) in [6, 6.07) is 7.54. The average Bonchev–Trinajstić information content (AvgIpc) is 2.25. The Balaban J connectivity index is 2.46. The number of benzene rings is 1. The maximum atomic E-state index is 10.1. The first-order chi connectivity index (χ1) is 6.86. The molecule has 76 valence electrons. The van der Waals surface area contributed by atoms with Crippen molar-refractivity contribution >= 4 is 6.29 Å². The van der Waals surface area contributed by atoms with Gasteiger partial charge >= 0.3 is 0 Å². The molecule has 0 saturated carbocycles. The second-order valence-corrected chi connectivity index (χ2v) is 2.92. The third kappa shape index (κ3) is 3.58. The standard InChI is InChI=1S/C11H14O3/c12-7-1-2-10-3-5-11(6-4-10)14-9-8-13/h3-7,13H,1-2,8-9H2. The Morgan fingerprint density at radius 1 is 1.29 bits per heavy atom. The molecule has 3 nitrogen and oxygen atoms in total. The van der Waals surface area contributed by atoms with Gasteiger partial charge in [0.1, 0.15) is 18.6 Å². The van der Waals surface area contributed by atoms with Crippen molar-refractivity contribution in [1.82, 2.24) is 0 Å². The normalized spacial score (nSPS) is 9.79. The minimum Gasteiger partial charge on any atom is -0.491 e. The lowest BCUT2D eigenvalue weighted by Crippen LogP contribution is -2.01. The SMILES string of the molecule is O=CCCc1ccc(OCCO)cc1. The summed E-state index contributed by atoms with van der Waals surface area (Å²) in [7, 11) is 0. The Morgan fingerprint density at radius 3 is 2.57 bits per heavy atom. The highest BCUT2D eigenvalue weighted by atomic mass is 16.5.